The van der Waals surface area contributed by atoms with Gasteiger partial charge in [0.2, 0.25) is 5.89 Å². The van der Waals surface area contributed by atoms with Crippen LogP contribution in [0.4, 0.5) is 0 Å². The van der Waals surface area contributed by atoms with Crippen LogP contribution in [0.25, 0.3) is 17.1 Å². The standard InChI is InChI=1S/C26H26N6OS/c1-16-8-9-21(18(3)14-16)24-28-23(33-31-24)15-34-26-30-29-25(20-10-12-27-13-11-20)32(26)22-7-5-6-17(2)19(22)4/h5-14,18,21H,15H2,1-4H3. The molecule has 3 heterocycles. The number of nitrogens with zero attached hydrogens (tertiary/aromatic N) is 6. The molecule has 4 aromatic rings. The Labute approximate surface area is 203 Å². The lowest BCUT2D eigenvalue weighted by Crippen LogP contribution is -2.10. The van der Waals surface area contributed by atoms with E-state index < -0.39 is 0 Å². The Morgan fingerprint density at radius 2 is 1.88 bits per heavy atom. The van der Waals surface area contributed by atoms with Crippen molar-refractivity contribution < 1.29 is 4.52 Å². The van der Waals surface area contributed by atoms with Gasteiger partial charge in [-0.15, -0.1) is 10.2 Å². The van der Waals surface area contributed by atoms with Crippen molar-refractivity contribution in [1.82, 2.24) is 29.9 Å². The molecule has 1 aliphatic rings. The largest absolute Gasteiger partial charge is 0.338 e. The number of pyridine rings is 1. The summed E-state index contributed by atoms with van der Waals surface area (Å²) < 4.78 is 7.69. The fourth-order valence-corrected chi connectivity index (χ4v) is 4.94. The van der Waals surface area contributed by atoms with E-state index in [1.807, 2.05) is 12.1 Å². The van der Waals surface area contributed by atoms with Crippen LogP contribution in [-0.2, 0) is 5.75 Å². The molecule has 1 aromatic carbocycles. The van der Waals surface area contributed by atoms with Crippen LogP contribution in [0.3, 0.4) is 0 Å². The zero-order valence-corrected chi connectivity index (χ0v) is 20.5. The Morgan fingerprint density at radius 1 is 1.06 bits per heavy atom. The van der Waals surface area contributed by atoms with Crippen LogP contribution in [-0.4, -0.2) is 29.9 Å². The highest BCUT2D eigenvalue weighted by molar-refractivity contribution is 7.98. The van der Waals surface area contributed by atoms with Crippen molar-refractivity contribution in [3.05, 3.63) is 89.4 Å². The third kappa shape index (κ3) is 4.33. The van der Waals surface area contributed by atoms with Gasteiger partial charge in [-0.05, 0) is 56.0 Å². The van der Waals surface area contributed by atoms with E-state index in [4.69, 9.17) is 4.52 Å². The molecule has 7 nitrogen and oxygen atoms in total. The molecular formula is C26H26N6OS. The number of aryl methyl sites for hydroxylation is 1. The molecule has 1 aliphatic carbocycles. The lowest BCUT2D eigenvalue weighted by molar-refractivity contribution is 0.380. The summed E-state index contributed by atoms with van der Waals surface area (Å²) in [5.41, 5.74) is 5.66. The molecule has 172 valence electrons. The fraction of sp³-hybridized carbons (Fsp3) is 0.269. The molecule has 2 atom stereocenters. The maximum absolute atomic E-state index is 5.59. The third-order valence-electron chi connectivity index (χ3n) is 6.15. The van der Waals surface area contributed by atoms with Crippen LogP contribution in [0.5, 0.6) is 0 Å². The minimum absolute atomic E-state index is 0.128. The molecule has 3 aromatic heterocycles. The summed E-state index contributed by atoms with van der Waals surface area (Å²) in [6.45, 7) is 8.51. The third-order valence-corrected chi connectivity index (χ3v) is 7.07. The summed E-state index contributed by atoms with van der Waals surface area (Å²) in [4.78, 5) is 8.82. The highest BCUT2D eigenvalue weighted by Crippen LogP contribution is 2.33. The van der Waals surface area contributed by atoms with E-state index in [-0.39, 0.29) is 5.92 Å². The number of rotatable bonds is 6. The molecule has 0 amide bonds. The molecule has 0 spiro atoms. The minimum Gasteiger partial charge on any atom is -0.338 e. The van der Waals surface area contributed by atoms with Crippen molar-refractivity contribution in [2.24, 2.45) is 5.92 Å². The van der Waals surface area contributed by atoms with E-state index in [1.165, 1.54) is 28.5 Å². The number of hydrogen-bond acceptors (Lipinski definition) is 7. The fourth-order valence-electron chi connectivity index (χ4n) is 4.16. The molecule has 5 rings (SSSR count). The Hall–Kier alpha value is -3.52. The molecule has 0 saturated carbocycles. The first-order valence-corrected chi connectivity index (χ1v) is 12.2. The molecule has 0 N–H and O–H groups in total. The molecule has 2 unspecified atom stereocenters. The zero-order chi connectivity index (χ0) is 23.7. The van der Waals surface area contributed by atoms with Crippen LogP contribution in [0.1, 0.15) is 42.6 Å². The van der Waals surface area contributed by atoms with Gasteiger partial charge in [0.25, 0.3) is 0 Å². The first kappa shape index (κ1) is 22.3. The summed E-state index contributed by atoms with van der Waals surface area (Å²) in [7, 11) is 0. The molecule has 0 fully saturated rings. The normalized spacial score (nSPS) is 17.7. The van der Waals surface area contributed by atoms with E-state index in [1.54, 1.807) is 12.4 Å². The van der Waals surface area contributed by atoms with Crippen molar-refractivity contribution in [1.29, 1.82) is 0 Å². The van der Waals surface area contributed by atoms with E-state index in [0.29, 0.717) is 17.6 Å². The maximum Gasteiger partial charge on any atom is 0.237 e. The predicted molar refractivity (Wildman–Crippen MR) is 133 cm³/mol. The lowest BCUT2D eigenvalue weighted by Gasteiger charge is -2.18. The van der Waals surface area contributed by atoms with Gasteiger partial charge >= 0.3 is 0 Å². The van der Waals surface area contributed by atoms with Crippen LogP contribution < -0.4 is 0 Å². The smallest absolute Gasteiger partial charge is 0.237 e. The zero-order valence-electron chi connectivity index (χ0n) is 19.6. The number of hydrogen-bond donors (Lipinski definition) is 0. The van der Waals surface area contributed by atoms with Gasteiger partial charge in [0.1, 0.15) is 0 Å². The molecule has 0 aliphatic heterocycles. The predicted octanol–water partition coefficient (Wildman–Crippen LogP) is 5.86. The summed E-state index contributed by atoms with van der Waals surface area (Å²) in [6, 6.07) is 10.2. The number of allylic oxidation sites excluding steroid dienone is 4. The van der Waals surface area contributed by atoms with Crippen LogP contribution in [0.15, 0.2) is 76.2 Å². The van der Waals surface area contributed by atoms with Crippen LogP contribution >= 0.6 is 11.8 Å². The lowest BCUT2D eigenvalue weighted by atomic mass is 9.87. The maximum atomic E-state index is 5.59. The number of aromatic nitrogens is 6. The summed E-state index contributed by atoms with van der Waals surface area (Å²) >= 11 is 1.53. The van der Waals surface area contributed by atoms with Crippen molar-refractivity contribution in [3.8, 4) is 17.1 Å². The van der Waals surface area contributed by atoms with Crippen molar-refractivity contribution in [2.75, 3.05) is 0 Å². The van der Waals surface area contributed by atoms with Gasteiger partial charge < -0.3 is 4.52 Å². The van der Waals surface area contributed by atoms with Crippen molar-refractivity contribution in [3.63, 3.8) is 0 Å². The molecule has 0 radical (unpaired) electrons. The van der Waals surface area contributed by atoms with Gasteiger partial charge in [-0.2, -0.15) is 4.98 Å². The highest BCUT2D eigenvalue weighted by Gasteiger charge is 2.24. The molecule has 0 saturated heterocycles. The Balaban J connectivity index is 1.44. The second-order valence-electron chi connectivity index (χ2n) is 8.59. The average molecular weight is 471 g/mol. The Kier molecular flexibility index (Phi) is 6.15. The van der Waals surface area contributed by atoms with E-state index in [2.05, 4.69) is 94.0 Å². The average Bonchev–Trinajstić information content (AvgIpc) is 3.47. The van der Waals surface area contributed by atoms with E-state index in [0.717, 1.165) is 28.1 Å². The molecule has 0 bridgehead atoms. The first-order chi connectivity index (χ1) is 16.5. The van der Waals surface area contributed by atoms with Crippen LogP contribution in [0, 0.1) is 19.8 Å². The molecule has 34 heavy (non-hydrogen) atoms. The van der Waals surface area contributed by atoms with Crippen LogP contribution in [0.2, 0.25) is 0 Å². The molecule has 8 heteroatoms. The van der Waals surface area contributed by atoms with E-state index >= 15 is 0 Å². The monoisotopic (exact) mass is 470 g/mol. The Morgan fingerprint density at radius 3 is 2.68 bits per heavy atom. The van der Waals surface area contributed by atoms with Gasteiger partial charge in [-0.1, -0.05) is 59.8 Å². The topological polar surface area (TPSA) is 82.5 Å². The molecular weight excluding hydrogens is 444 g/mol. The minimum atomic E-state index is 0.128. The second-order valence-corrected chi connectivity index (χ2v) is 9.53. The SMILES string of the molecule is CC1=CC(C)C(c2noc(CSc3nnc(-c4ccncc4)n3-c3cccc(C)c3C)n2)C=C1. The van der Waals surface area contributed by atoms with Gasteiger partial charge in [0.15, 0.2) is 16.8 Å². The van der Waals surface area contributed by atoms with E-state index in [9.17, 15) is 0 Å². The van der Waals surface area contributed by atoms with Crippen molar-refractivity contribution in [2.45, 2.75) is 44.5 Å². The van der Waals surface area contributed by atoms with Crippen molar-refractivity contribution >= 4 is 11.8 Å². The Bertz CT molecular complexity index is 1370. The first-order valence-electron chi connectivity index (χ1n) is 11.3. The van der Waals surface area contributed by atoms with Gasteiger partial charge in [0.05, 0.1) is 11.4 Å². The van der Waals surface area contributed by atoms with Gasteiger partial charge in [-0.25, -0.2) is 0 Å². The summed E-state index contributed by atoms with van der Waals surface area (Å²) in [5.74, 6) is 3.03. The van der Waals surface area contributed by atoms with Gasteiger partial charge in [-0.3, -0.25) is 9.55 Å². The number of thioether (sulfide) groups is 1. The second kappa shape index (κ2) is 9.38. The quantitative estimate of drug-likeness (QED) is 0.327. The summed E-state index contributed by atoms with van der Waals surface area (Å²) in [5, 5.41) is 14.1. The number of benzene rings is 1. The summed E-state index contributed by atoms with van der Waals surface area (Å²) in [6.07, 6.45) is 10.0. The highest BCUT2D eigenvalue weighted by atomic mass is 32.2. The van der Waals surface area contributed by atoms with Gasteiger partial charge in [0, 0.05) is 23.9 Å².